The summed E-state index contributed by atoms with van der Waals surface area (Å²) < 4.78 is 4.92. The predicted molar refractivity (Wildman–Crippen MR) is 106 cm³/mol. The molecule has 1 saturated heterocycles. The summed E-state index contributed by atoms with van der Waals surface area (Å²) in [6.45, 7) is -1.10. The molecule has 3 aliphatic rings. The SMILES string of the molecule is O=C(COC(=O)CN1C(=O)[C@@H]2[C@H]3C[C@@H]([C@H](Cl)[C@@H]3Cl)[C@@H]2C1=O)Nc1ccccc1Cl. The van der Waals surface area contributed by atoms with E-state index in [0.717, 1.165) is 4.90 Å². The van der Waals surface area contributed by atoms with E-state index in [2.05, 4.69) is 5.32 Å². The van der Waals surface area contributed by atoms with E-state index in [-0.39, 0.29) is 22.6 Å². The van der Waals surface area contributed by atoms with E-state index in [1.54, 1.807) is 24.3 Å². The number of halogens is 3. The molecule has 2 bridgehead atoms. The van der Waals surface area contributed by atoms with E-state index in [1.165, 1.54) is 0 Å². The monoisotopic (exact) mass is 458 g/mol. The van der Waals surface area contributed by atoms with Crippen molar-refractivity contribution in [3.05, 3.63) is 29.3 Å². The number of rotatable bonds is 5. The van der Waals surface area contributed by atoms with Gasteiger partial charge in [0.1, 0.15) is 6.54 Å². The Kier molecular flexibility index (Phi) is 5.48. The molecular weight excluding hydrogens is 443 g/mol. The van der Waals surface area contributed by atoms with Crippen LogP contribution >= 0.6 is 34.8 Å². The molecule has 0 radical (unpaired) electrons. The molecule has 6 atom stereocenters. The molecule has 2 aliphatic carbocycles. The molecule has 0 spiro atoms. The van der Waals surface area contributed by atoms with Crippen molar-refractivity contribution in [1.82, 2.24) is 4.90 Å². The van der Waals surface area contributed by atoms with E-state index in [4.69, 9.17) is 39.5 Å². The lowest BCUT2D eigenvalue weighted by molar-refractivity contribution is -0.154. The highest BCUT2D eigenvalue weighted by Gasteiger charge is 2.66. The van der Waals surface area contributed by atoms with Gasteiger partial charge >= 0.3 is 5.97 Å². The zero-order valence-electron chi connectivity index (χ0n) is 15.0. The van der Waals surface area contributed by atoms with E-state index in [0.29, 0.717) is 17.1 Å². The number of carbonyl (C=O) groups is 4. The average Bonchev–Trinajstić information content (AvgIpc) is 3.29. The summed E-state index contributed by atoms with van der Waals surface area (Å²) in [5.41, 5.74) is 0.384. The Morgan fingerprint density at radius 1 is 1.07 bits per heavy atom. The molecule has 1 heterocycles. The molecule has 1 aromatic rings. The second-order valence-corrected chi connectivity index (χ2v) is 8.87. The van der Waals surface area contributed by atoms with Crippen molar-refractivity contribution >= 4 is 64.2 Å². The molecule has 3 fully saturated rings. The van der Waals surface area contributed by atoms with Gasteiger partial charge in [0, 0.05) is 0 Å². The summed E-state index contributed by atoms with van der Waals surface area (Å²) in [7, 11) is 0. The maximum absolute atomic E-state index is 12.7. The fourth-order valence-corrected chi connectivity index (χ4v) is 5.71. The van der Waals surface area contributed by atoms with Crippen molar-refractivity contribution < 1.29 is 23.9 Å². The van der Waals surface area contributed by atoms with Crippen molar-refractivity contribution in [3.8, 4) is 0 Å². The number of amides is 3. The summed E-state index contributed by atoms with van der Waals surface area (Å²) in [6, 6.07) is 6.61. The van der Waals surface area contributed by atoms with Gasteiger partial charge in [-0.3, -0.25) is 24.1 Å². The molecule has 1 aromatic carbocycles. The number of benzene rings is 1. The summed E-state index contributed by atoms with van der Waals surface area (Å²) in [4.78, 5) is 50.3. The van der Waals surface area contributed by atoms with Gasteiger partial charge in [-0.15, -0.1) is 23.2 Å². The van der Waals surface area contributed by atoms with Crippen molar-refractivity contribution in [1.29, 1.82) is 0 Å². The molecule has 0 unspecified atom stereocenters. The first-order valence-corrected chi connectivity index (χ1v) is 10.4. The van der Waals surface area contributed by atoms with E-state index in [1.807, 2.05) is 0 Å². The molecule has 4 rings (SSSR count). The molecule has 154 valence electrons. The topological polar surface area (TPSA) is 92.8 Å². The maximum atomic E-state index is 12.7. The lowest BCUT2D eigenvalue weighted by Crippen LogP contribution is -2.38. The Balaban J connectivity index is 1.32. The fraction of sp³-hybridized carbons (Fsp3) is 0.474. The molecular formula is C19H17Cl3N2O5. The Hall–Kier alpha value is -1.83. The first-order chi connectivity index (χ1) is 13.8. The summed E-state index contributed by atoms with van der Waals surface area (Å²) in [5.74, 6) is -3.64. The first kappa shape index (κ1) is 20.4. The van der Waals surface area contributed by atoms with Crippen LogP contribution in [-0.2, 0) is 23.9 Å². The van der Waals surface area contributed by atoms with Gasteiger partial charge in [0.25, 0.3) is 5.91 Å². The Morgan fingerprint density at radius 3 is 2.24 bits per heavy atom. The minimum atomic E-state index is -0.849. The largest absolute Gasteiger partial charge is 0.454 e. The van der Waals surface area contributed by atoms with E-state index < -0.39 is 48.7 Å². The Labute approximate surface area is 181 Å². The van der Waals surface area contributed by atoms with Gasteiger partial charge in [-0.25, -0.2) is 0 Å². The zero-order chi connectivity index (χ0) is 20.9. The number of alkyl halides is 2. The summed E-state index contributed by atoms with van der Waals surface area (Å²) >= 11 is 18.5. The van der Waals surface area contributed by atoms with Crippen LogP contribution < -0.4 is 5.32 Å². The third kappa shape index (κ3) is 3.49. The molecule has 1 N–H and O–H groups in total. The fourth-order valence-electron chi connectivity index (χ4n) is 4.64. The van der Waals surface area contributed by atoms with Gasteiger partial charge in [0.05, 0.1) is 33.3 Å². The average molecular weight is 460 g/mol. The second-order valence-electron chi connectivity index (χ2n) is 7.46. The molecule has 0 aromatic heterocycles. The number of hydrogen-bond acceptors (Lipinski definition) is 5. The maximum Gasteiger partial charge on any atom is 0.326 e. The van der Waals surface area contributed by atoms with Crippen LogP contribution in [0.15, 0.2) is 24.3 Å². The minimum Gasteiger partial charge on any atom is -0.454 e. The van der Waals surface area contributed by atoms with Crippen LogP contribution in [0.5, 0.6) is 0 Å². The van der Waals surface area contributed by atoms with Crippen molar-refractivity contribution in [2.24, 2.45) is 23.7 Å². The number of fused-ring (bicyclic) bond motifs is 5. The molecule has 3 amide bonds. The number of esters is 1. The van der Waals surface area contributed by atoms with Crippen LogP contribution in [0.25, 0.3) is 0 Å². The van der Waals surface area contributed by atoms with Gasteiger partial charge in [-0.05, 0) is 30.4 Å². The van der Waals surface area contributed by atoms with Crippen LogP contribution in [0.1, 0.15) is 6.42 Å². The number of nitrogens with one attached hydrogen (secondary N) is 1. The van der Waals surface area contributed by atoms with Gasteiger partial charge < -0.3 is 10.1 Å². The van der Waals surface area contributed by atoms with E-state index in [9.17, 15) is 19.2 Å². The van der Waals surface area contributed by atoms with Crippen LogP contribution in [0.2, 0.25) is 5.02 Å². The van der Waals surface area contributed by atoms with E-state index >= 15 is 0 Å². The number of ether oxygens (including phenoxy) is 1. The second kappa shape index (κ2) is 7.78. The Bertz CT molecular complexity index is 862. The highest BCUT2D eigenvalue weighted by atomic mass is 35.5. The summed E-state index contributed by atoms with van der Waals surface area (Å²) in [5, 5.41) is 2.14. The molecule has 2 saturated carbocycles. The lowest BCUT2D eigenvalue weighted by Gasteiger charge is -2.28. The standard InChI is InChI=1S/C19H17Cl3N2O5/c20-10-3-1-2-4-11(10)23-12(25)7-29-13(26)6-24-18(27)14-8-5-9(15(14)19(24)28)17(22)16(8)21/h1-4,8-9,14-17H,5-7H2,(H,23,25)/t8-,9-,14-,15+,16-,17+/m1/s1. The van der Waals surface area contributed by atoms with Crippen LogP contribution in [-0.4, -0.2) is 52.5 Å². The highest BCUT2D eigenvalue weighted by molar-refractivity contribution is 6.33. The zero-order valence-corrected chi connectivity index (χ0v) is 17.3. The number of carbonyl (C=O) groups excluding carboxylic acids is 4. The number of anilines is 1. The van der Waals surface area contributed by atoms with Crippen LogP contribution in [0.4, 0.5) is 5.69 Å². The van der Waals surface area contributed by atoms with Crippen molar-refractivity contribution in [2.45, 2.75) is 17.2 Å². The normalized spacial score (nSPS) is 32.4. The third-order valence-electron chi connectivity index (χ3n) is 5.88. The van der Waals surface area contributed by atoms with Gasteiger partial charge in [0.2, 0.25) is 11.8 Å². The number of hydrogen-bond donors (Lipinski definition) is 1. The molecule has 7 nitrogen and oxygen atoms in total. The van der Waals surface area contributed by atoms with Gasteiger partial charge in [-0.2, -0.15) is 0 Å². The lowest BCUT2D eigenvalue weighted by atomic mass is 9.80. The third-order valence-corrected chi connectivity index (χ3v) is 7.53. The van der Waals surface area contributed by atoms with Crippen molar-refractivity contribution in [2.75, 3.05) is 18.5 Å². The highest BCUT2D eigenvalue weighted by Crippen LogP contribution is 2.59. The van der Waals surface area contributed by atoms with Crippen molar-refractivity contribution in [3.63, 3.8) is 0 Å². The van der Waals surface area contributed by atoms with Crippen LogP contribution in [0.3, 0.4) is 0 Å². The Morgan fingerprint density at radius 2 is 1.66 bits per heavy atom. The number of imide groups is 1. The number of para-hydroxylation sites is 1. The number of likely N-dealkylation sites (tertiary alicyclic amines) is 1. The van der Waals surface area contributed by atoms with Crippen LogP contribution in [0, 0.1) is 23.7 Å². The summed E-state index contributed by atoms with van der Waals surface area (Å²) in [6.07, 6.45) is 0.648. The van der Waals surface area contributed by atoms with Gasteiger partial charge in [-0.1, -0.05) is 23.7 Å². The molecule has 29 heavy (non-hydrogen) atoms. The number of nitrogens with zero attached hydrogens (tertiary/aromatic N) is 1. The van der Waals surface area contributed by atoms with Gasteiger partial charge in [0.15, 0.2) is 6.61 Å². The smallest absolute Gasteiger partial charge is 0.326 e. The molecule has 10 heteroatoms. The first-order valence-electron chi connectivity index (χ1n) is 9.13. The molecule has 1 aliphatic heterocycles. The predicted octanol–water partition coefficient (Wildman–Crippen LogP) is 2.29. The minimum absolute atomic E-state index is 0.159. The quantitative estimate of drug-likeness (QED) is 0.414.